The van der Waals surface area contributed by atoms with Gasteiger partial charge in [-0.15, -0.1) is 0 Å². The van der Waals surface area contributed by atoms with Gasteiger partial charge < -0.3 is 15.0 Å². The van der Waals surface area contributed by atoms with Gasteiger partial charge in [-0.3, -0.25) is 9.59 Å². The molecule has 2 amide bonds. The van der Waals surface area contributed by atoms with Gasteiger partial charge in [0.25, 0.3) is 11.8 Å². The van der Waals surface area contributed by atoms with E-state index in [0.29, 0.717) is 42.0 Å². The number of fused-ring (bicyclic) bond motifs is 1. The molecule has 1 heterocycles. The molecule has 0 aromatic heterocycles. The summed E-state index contributed by atoms with van der Waals surface area (Å²) in [5.74, 6) is -1.50. The molecule has 2 aliphatic rings. The third kappa shape index (κ3) is 5.52. The summed E-state index contributed by atoms with van der Waals surface area (Å²) in [4.78, 5) is 40.8. The van der Waals surface area contributed by atoms with Crippen LogP contribution in [0, 0.1) is 18.2 Å². The number of amides is 2. The number of carbonyl (C=O) groups is 3. The number of nitrogens with zero attached hydrogens (tertiary/aromatic N) is 1. The third-order valence-corrected chi connectivity index (χ3v) is 8.04. The zero-order valence-corrected chi connectivity index (χ0v) is 23.2. The number of rotatable bonds is 5. The zero-order valence-electron chi connectivity index (χ0n) is 22.4. The Balaban J connectivity index is 1.38. The molecule has 0 radical (unpaired) electrons. The minimum atomic E-state index is -0.558. The second-order valence-electron chi connectivity index (χ2n) is 10.4. The number of halogens is 2. The molecule has 3 aromatic rings. The lowest BCUT2D eigenvalue weighted by molar-refractivity contribution is -0.138. The maximum atomic E-state index is 13.9. The van der Waals surface area contributed by atoms with E-state index < -0.39 is 11.7 Å². The van der Waals surface area contributed by atoms with E-state index in [1.807, 2.05) is 24.3 Å². The van der Waals surface area contributed by atoms with E-state index in [9.17, 15) is 18.8 Å². The van der Waals surface area contributed by atoms with Gasteiger partial charge >= 0.3 is 5.97 Å². The Labute approximate surface area is 237 Å². The number of hydrogen-bond acceptors (Lipinski definition) is 4. The normalized spacial score (nSPS) is 18.1. The van der Waals surface area contributed by atoms with Crippen molar-refractivity contribution < 1.29 is 23.5 Å². The van der Waals surface area contributed by atoms with Crippen molar-refractivity contribution >= 4 is 40.8 Å². The van der Waals surface area contributed by atoms with E-state index in [0.717, 1.165) is 36.6 Å². The maximum Gasteiger partial charge on any atom is 0.333 e. The Kier molecular flexibility index (Phi) is 7.76. The van der Waals surface area contributed by atoms with Crippen LogP contribution in [0.5, 0.6) is 0 Å². The van der Waals surface area contributed by atoms with E-state index in [1.54, 1.807) is 36.9 Å². The highest BCUT2D eigenvalue weighted by molar-refractivity contribution is 6.34. The lowest BCUT2D eigenvalue weighted by Crippen LogP contribution is -2.33. The van der Waals surface area contributed by atoms with E-state index in [-0.39, 0.29) is 27.9 Å². The largest absolute Gasteiger partial charge is 0.463 e. The molecule has 8 heteroatoms. The molecule has 1 spiro atoms. The van der Waals surface area contributed by atoms with Crippen molar-refractivity contribution in [2.24, 2.45) is 5.41 Å². The van der Waals surface area contributed by atoms with Crippen LogP contribution < -0.4 is 10.2 Å². The van der Waals surface area contributed by atoms with Gasteiger partial charge in [0.1, 0.15) is 5.82 Å². The van der Waals surface area contributed by atoms with Crippen molar-refractivity contribution in [3.63, 3.8) is 0 Å². The summed E-state index contributed by atoms with van der Waals surface area (Å²) in [6, 6.07) is 16.6. The molecule has 6 nitrogen and oxygen atoms in total. The average molecular weight is 561 g/mol. The van der Waals surface area contributed by atoms with Gasteiger partial charge in [-0.05, 0) is 98.5 Å². The fourth-order valence-corrected chi connectivity index (χ4v) is 5.83. The molecular formula is C32H30ClFN2O4. The molecule has 206 valence electrons. The summed E-state index contributed by atoms with van der Waals surface area (Å²) in [5.41, 5.74) is 4.12. The van der Waals surface area contributed by atoms with Gasteiger partial charge in [0, 0.05) is 29.1 Å². The quantitative estimate of drug-likeness (QED) is 0.344. The summed E-state index contributed by atoms with van der Waals surface area (Å²) < 4.78 is 18.9. The standard InChI is InChI=1S/C32H30ClFN2O4/c1-3-40-31(39)23-12-13-32(19-23)14-15-36(28-7-5-4-6-22(28)18-32)30(38)21-8-11-27(20(2)16-21)35-29(37)25-17-24(34)9-10-26(25)33/h4-11,16-17,19H,3,12-15,18H2,1-2H3,(H,35,37)/t32-/m0/s1. The molecule has 1 atom stereocenters. The van der Waals surface area contributed by atoms with Gasteiger partial charge in [-0.25, -0.2) is 9.18 Å². The molecule has 40 heavy (non-hydrogen) atoms. The molecule has 3 aromatic carbocycles. The van der Waals surface area contributed by atoms with Crippen LogP contribution >= 0.6 is 11.6 Å². The number of ether oxygens (including phenoxy) is 1. The van der Waals surface area contributed by atoms with Gasteiger partial charge in [0.15, 0.2) is 0 Å². The van der Waals surface area contributed by atoms with Crippen LogP contribution in [0.1, 0.15) is 58.0 Å². The summed E-state index contributed by atoms with van der Waals surface area (Å²) in [7, 11) is 0. The van der Waals surface area contributed by atoms with Crippen molar-refractivity contribution in [1.29, 1.82) is 0 Å². The topological polar surface area (TPSA) is 75.7 Å². The minimum Gasteiger partial charge on any atom is -0.463 e. The minimum absolute atomic E-state index is 0.0309. The monoisotopic (exact) mass is 560 g/mol. The molecule has 0 unspecified atom stereocenters. The smallest absolute Gasteiger partial charge is 0.333 e. The van der Waals surface area contributed by atoms with Crippen LogP contribution in [0.25, 0.3) is 0 Å². The average Bonchev–Trinajstić information content (AvgIpc) is 3.28. The zero-order chi connectivity index (χ0) is 28.4. The molecule has 5 rings (SSSR count). The van der Waals surface area contributed by atoms with Gasteiger partial charge in [-0.2, -0.15) is 0 Å². The summed E-state index contributed by atoms with van der Waals surface area (Å²) in [6.07, 6.45) is 5.03. The second kappa shape index (κ2) is 11.3. The lowest BCUT2D eigenvalue weighted by Gasteiger charge is -2.26. The highest BCUT2D eigenvalue weighted by atomic mass is 35.5. The van der Waals surface area contributed by atoms with Gasteiger partial charge in [-0.1, -0.05) is 35.9 Å². The van der Waals surface area contributed by atoms with Crippen LogP contribution in [0.15, 0.2) is 72.3 Å². The van der Waals surface area contributed by atoms with Crippen LogP contribution in [0.2, 0.25) is 5.02 Å². The highest BCUT2D eigenvalue weighted by Crippen LogP contribution is 2.46. The van der Waals surface area contributed by atoms with E-state index in [1.165, 1.54) is 12.1 Å². The molecule has 1 aliphatic carbocycles. The first-order chi connectivity index (χ1) is 19.2. The van der Waals surface area contributed by atoms with E-state index >= 15 is 0 Å². The molecule has 0 fully saturated rings. The number of aryl methyl sites for hydroxylation is 1. The predicted octanol–water partition coefficient (Wildman–Crippen LogP) is 6.90. The molecule has 1 aliphatic heterocycles. The number of esters is 1. The second-order valence-corrected chi connectivity index (χ2v) is 10.8. The lowest BCUT2D eigenvalue weighted by atomic mass is 9.79. The van der Waals surface area contributed by atoms with Crippen LogP contribution in [0.3, 0.4) is 0 Å². The first-order valence-corrected chi connectivity index (χ1v) is 13.7. The Morgan fingerprint density at radius 2 is 1.88 bits per heavy atom. The first-order valence-electron chi connectivity index (χ1n) is 13.4. The number of benzene rings is 3. The van der Waals surface area contributed by atoms with E-state index in [2.05, 4.69) is 11.4 Å². The Bertz CT molecular complexity index is 1540. The Hall–Kier alpha value is -3.97. The van der Waals surface area contributed by atoms with Gasteiger partial charge in [0.2, 0.25) is 0 Å². The van der Waals surface area contributed by atoms with Crippen molar-refractivity contribution in [1.82, 2.24) is 0 Å². The van der Waals surface area contributed by atoms with Crippen molar-refractivity contribution in [3.05, 3.63) is 105 Å². The predicted molar refractivity (Wildman–Crippen MR) is 153 cm³/mol. The number of carbonyl (C=O) groups excluding carboxylic acids is 3. The Morgan fingerprint density at radius 1 is 1.07 bits per heavy atom. The molecular weight excluding hydrogens is 531 g/mol. The summed E-state index contributed by atoms with van der Waals surface area (Å²) >= 11 is 6.08. The van der Waals surface area contributed by atoms with Crippen molar-refractivity contribution in [3.8, 4) is 0 Å². The number of hydrogen-bond donors (Lipinski definition) is 1. The highest BCUT2D eigenvalue weighted by Gasteiger charge is 2.39. The fraction of sp³-hybridized carbons (Fsp3) is 0.281. The molecule has 0 saturated carbocycles. The van der Waals surface area contributed by atoms with Crippen molar-refractivity contribution in [2.45, 2.75) is 39.5 Å². The maximum absolute atomic E-state index is 13.9. The first kappa shape index (κ1) is 27.6. The summed E-state index contributed by atoms with van der Waals surface area (Å²) in [5, 5.41) is 2.91. The SMILES string of the molecule is CCOC(=O)C1=C[C@@]2(CC1)CCN(C(=O)c1ccc(NC(=O)c3cc(F)ccc3Cl)c(C)c1)c1ccccc1C2. The fourth-order valence-electron chi connectivity index (χ4n) is 5.63. The van der Waals surface area contributed by atoms with Crippen LogP contribution in [-0.2, 0) is 16.0 Å². The van der Waals surface area contributed by atoms with E-state index in [4.69, 9.17) is 16.3 Å². The summed E-state index contributed by atoms with van der Waals surface area (Å²) in [6.45, 7) is 4.44. The van der Waals surface area contributed by atoms with Crippen molar-refractivity contribution in [2.75, 3.05) is 23.4 Å². The molecule has 0 bridgehead atoms. The molecule has 0 saturated heterocycles. The van der Waals surface area contributed by atoms with Crippen LogP contribution in [0.4, 0.5) is 15.8 Å². The number of anilines is 2. The Morgan fingerprint density at radius 3 is 2.65 bits per heavy atom. The number of nitrogens with one attached hydrogen (secondary N) is 1. The number of allylic oxidation sites excluding steroid dienone is 1. The number of para-hydroxylation sites is 1. The van der Waals surface area contributed by atoms with Gasteiger partial charge in [0.05, 0.1) is 17.2 Å². The third-order valence-electron chi connectivity index (χ3n) is 7.71. The van der Waals surface area contributed by atoms with Crippen LogP contribution in [-0.4, -0.2) is 30.9 Å². The molecule has 1 N–H and O–H groups in total.